The number of nitrogens with zero attached hydrogens (tertiary/aromatic N) is 4. The molecular weight excluding hydrogens is 184 g/mol. The molecule has 0 spiro atoms. The lowest BCUT2D eigenvalue weighted by atomic mass is 10.8. The van der Waals surface area contributed by atoms with E-state index >= 15 is 0 Å². The van der Waals surface area contributed by atoms with E-state index in [2.05, 4.69) is 15.4 Å². The van der Waals surface area contributed by atoms with Crippen LogP contribution in [0.2, 0.25) is 0 Å². The van der Waals surface area contributed by atoms with Crippen molar-refractivity contribution in [3.63, 3.8) is 0 Å². The summed E-state index contributed by atoms with van der Waals surface area (Å²) in [6.45, 7) is 0. The molecule has 0 saturated carbocycles. The van der Waals surface area contributed by atoms with E-state index in [1.165, 1.54) is 4.80 Å². The number of hydrogen-bond donors (Lipinski definition) is 0. The quantitative estimate of drug-likeness (QED) is 0.520. The van der Waals surface area contributed by atoms with Crippen LogP contribution in [0, 0.1) is 0 Å². The molecule has 0 aliphatic rings. The highest BCUT2D eigenvalue weighted by molar-refractivity contribution is 7.98. The molecule has 62 valence electrons. The number of rotatable bonds is 4. The van der Waals surface area contributed by atoms with Crippen LogP contribution in [0.5, 0.6) is 0 Å². The second-order valence-electron chi connectivity index (χ2n) is 1.94. The van der Waals surface area contributed by atoms with Gasteiger partial charge in [-0.25, -0.2) is 0 Å². The number of tetrazole rings is 1. The molecular formula is C5H9ClN4S. The van der Waals surface area contributed by atoms with Gasteiger partial charge in [0, 0.05) is 11.6 Å². The molecule has 0 bridgehead atoms. The largest absolute Gasteiger partial charge is 0.184 e. The van der Waals surface area contributed by atoms with Gasteiger partial charge in [-0.1, -0.05) is 0 Å². The van der Waals surface area contributed by atoms with Gasteiger partial charge in [-0.05, 0) is 5.21 Å². The monoisotopic (exact) mass is 192 g/mol. The predicted octanol–water partition coefficient (Wildman–Crippen LogP) is 0.682. The van der Waals surface area contributed by atoms with Crippen molar-refractivity contribution < 1.29 is 0 Å². The highest BCUT2D eigenvalue weighted by Gasteiger charge is 1.98. The fourth-order valence-corrected chi connectivity index (χ4v) is 1.48. The van der Waals surface area contributed by atoms with E-state index in [9.17, 15) is 0 Å². The number of thioether (sulfide) groups is 1. The third kappa shape index (κ3) is 3.07. The molecule has 0 aliphatic heterocycles. The van der Waals surface area contributed by atoms with Gasteiger partial charge in [-0.15, -0.1) is 21.8 Å². The fraction of sp³-hybridized carbons (Fsp3) is 0.800. The van der Waals surface area contributed by atoms with Crippen LogP contribution in [-0.4, -0.2) is 31.8 Å². The molecule has 0 aromatic carbocycles. The SMILES string of the molecule is Cn1nnc(CSCCCl)n1. The molecule has 1 rings (SSSR count). The molecule has 4 nitrogen and oxygen atoms in total. The Morgan fingerprint density at radius 3 is 3.00 bits per heavy atom. The molecule has 0 amide bonds. The Bertz CT molecular complexity index is 214. The van der Waals surface area contributed by atoms with Crippen LogP contribution in [0.3, 0.4) is 0 Å². The highest BCUT2D eigenvalue weighted by Crippen LogP contribution is 2.06. The second-order valence-corrected chi connectivity index (χ2v) is 3.42. The van der Waals surface area contributed by atoms with Crippen LogP contribution in [0.25, 0.3) is 0 Å². The first-order valence-electron chi connectivity index (χ1n) is 3.19. The third-order valence-electron chi connectivity index (χ3n) is 1.00. The van der Waals surface area contributed by atoms with Gasteiger partial charge in [0.25, 0.3) is 0 Å². The van der Waals surface area contributed by atoms with Crippen molar-refractivity contribution in [2.45, 2.75) is 5.75 Å². The zero-order chi connectivity index (χ0) is 8.10. The summed E-state index contributed by atoms with van der Waals surface area (Å²) in [5, 5.41) is 11.5. The Labute approximate surface area is 74.3 Å². The van der Waals surface area contributed by atoms with Crippen molar-refractivity contribution >= 4 is 23.4 Å². The summed E-state index contributed by atoms with van der Waals surface area (Å²) in [4.78, 5) is 1.45. The number of alkyl halides is 1. The fourth-order valence-electron chi connectivity index (χ4n) is 0.599. The standard InChI is InChI=1S/C5H9ClN4S/c1-10-8-5(7-9-10)4-11-3-2-6/h2-4H2,1H3. The van der Waals surface area contributed by atoms with E-state index in [-0.39, 0.29) is 0 Å². The van der Waals surface area contributed by atoms with Gasteiger partial charge < -0.3 is 0 Å². The molecule has 6 heteroatoms. The normalized spacial score (nSPS) is 10.4. The molecule has 0 unspecified atom stereocenters. The number of hydrogen-bond acceptors (Lipinski definition) is 4. The Kier molecular flexibility index (Phi) is 3.65. The smallest absolute Gasteiger partial charge is 0.167 e. The maximum Gasteiger partial charge on any atom is 0.184 e. The lowest BCUT2D eigenvalue weighted by molar-refractivity contribution is 0.628. The summed E-state index contributed by atoms with van der Waals surface area (Å²) < 4.78 is 0. The van der Waals surface area contributed by atoms with Crippen LogP contribution in [0.15, 0.2) is 0 Å². The van der Waals surface area contributed by atoms with Gasteiger partial charge in [-0.3, -0.25) is 0 Å². The number of aromatic nitrogens is 4. The average molecular weight is 193 g/mol. The first-order chi connectivity index (χ1) is 5.33. The molecule has 11 heavy (non-hydrogen) atoms. The van der Waals surface area contributed by atoms with Crippen LogP contribution in [-0.2, 0) is 12.8 Å². The molecule has 0 N–H and O–H groups in total. The van der Waals surface area contributed by atoms with Gasteiger partial charge in [0.05, 0.1) is 12.8 Å². The minimum absolute atomic E-state index is 0.672. The molecule has 1 aromatic rings. The van der Waals surface area contributed by atoms with Crippen LogP contribution in [0.4, 0.5) is 0 Å². The van der Waals surface area contributed by atoms with Crippen molar-refractivity contribution in [2.24, 2.45) is 7.05 Å². The topological polar surface area (TPSA) is 43.6 Å². The highest BCUT2D eigenvalue weighted by atomic mass is 35.5. The second kappa shape index (κ2) is 4.56. The minimum atomic E-state index is 0.672. The number of halogens is 1. The van der Waals surface area contributed by atoms with E-state index in [0.29, 0.717) is 5.88 Å². The molecule has 0 atom stereocenters. The minimum Gasteiger partial charge on any atom is -0.167 e. The lowest BCUT2D eigenvalue weighted by Gasteiger charge is -1.90. The molecule has 1 heterocycles. The van der Waals surface area contributed by atoms with E-state index in [1.54, 1.807) is 18.8 Å². The van der Waals surface area contributed by atoms with Crippen LogP contribution in [0.1, 0.15) is 5.82 Å². The Morgan fingerprint density at radius 1 is 1.64 bits per heavy atom. The zero-order valence-corrected chi connectivity index (χ0v) is 7.77. The Morgan fingerprint density at radius 2 is 2.45 bits per heavy atom. The van der Waals surface area contributed by atoms with Gasteiger partial charge in [0.2, 0.25) is 0 Å². The van der Waals surface area contributed by atoms with Gasteiger partial charge in [0.15, 0.2) is 5.82 Å². The zero-order valence-electron chi connectivity index (χ0n) is 6.20. The Balaban J connectivity index is 2.27. The summed E-state index contributed by atoms with van der Waals surface area (Å²) in [5.41, 5.74) is 0. The molecule has 0 radical (unpaired) electrons. The van der Waals surface area contributed by atoms with Crippen molar-refractivity contribution in [2.75, 3.05) is 11.6 Å². The predicted molar refractivity (Wildman–Crippen MR) is 45.7 cm³/mol. The van der Waals surface area contributed by atoms with Crippen LogP contribution >= 0.6 is 23.4 Å². The average Bonchev–Trinajstić information content (AvgIpc) is 2.37. The molecule has 0 aliphatic carbocycles. The van der Waals surface area contributed by atoms with E-state index in [1.807, 2.05) is 0 Å². The summed E-state index contributed by atoms with van der Waals surface area (Å²) in [5.74, 6) is 3.16. The molecule has 0 saturated heterocycles. The van der Waals surface area contributed by atoms with E-state index in [0.717, 1.165) is 17.3 Å². The first kappa shape index (κ1) is 8.80. The summed E-state index contributed by atoms with van der Waals surface area (Å²) in [6, 6.07) is 0. The van der Waals surface area contributed by atoms with Gasteiger partial charge >= 0.3 is 0 Å². The van der Waals surface area contributed by atoms with Crippen LogP contribution < -0.4 is 0 Å². The summed E-state index contributed by atoms with van der Waals surface area (Å²) in [7, 11) is 1.75. The maximum atomic E-state index is 5.49. The summed E-state index contributed by atoms with van der Waals surface area (Å²) >= 11 is 7.20. The number of aryl methyl sites for hydroxylation is 1. The van der Waals surface area contributed by atoms with Gasteiger partial charge in [0.1, 0.15) is 0 Å². The van der Waals surface area contributed by atoms with E-state index in [4.69, 9.17) is 11.6 Å². The molecule has 0 fully saturated rings. The van der Waals surface area contributed by atoms with Crippen molar-refractivity contribution in [1.29, 1.82) is 0 Å². The van der Waals surface area contributed by atoms with Gasteiger partial charge in [-0.2, -0.15) is 16.6 Å². The van der Waals surface area contributed by atoms with E-state index < -0.39 is 0 Å². The lowest BCUT2D eigenvalue weighted by Crippen LogP contribution is -1.92. The summed E-state index contributed by atoms with van der Waals surface area (Å²) in [6.07, 6.45) is 0. The first-order valence-corrected chi connectivity index (χ1v) is 4.88. The molecule has 1 aromatic heterocycles. The third-order valence-corrected chi connectivity index (χ3v) is 2.37. The maximum absolute atomic E-state index is 5.49. The van der Waals surface area contributed by atoms with Crippen molar-refractivity contribution in [3.8, 4) is 0 Å². The van der Waals surface area contributed by atoms with Crippen molar-refractivity contribution in [1.82, 2.24) is 20.2 Å². The van der Waals surface area contributed by atoms with Crippen molar-refractivity contribution in [3.05, 3.63) is 5.82 Å². The Hall–Kier alpha value is -0.290.